The first-order valence-corrected chi connectivity index (χ1v) is 17.0. The van der Waals surface area contributed by atoms with Gasteiger partial charge < -0.3 is 20.6 Å². The Morgan fingerprint density at radius 2 is 1.36 bits per heavy atom. The fourth-order valence-corrected chi connectivity index (χ4v) is 6.57. The van der Waals surface area contributed by atoms with Crippen molar-refractivity contribution in [2.75, 3.05) is 19.4 Å². The summed E-state index contributed by atoms with van der Waals surface area (Å²) in [7, 11) is 1.00. The van der Waals surface area contributed by atoms with Crippen molar-refractivity contribution in [3.8, 4) is 0 Å². The van der Waals surface area contributed by atoms with Crippen LogP contribution in [-0.2, 0) is 4.79 Å². The van der Waals surface area contributed by atoms with Crippen molar-refractivity contribution < 1.29 is 20.1 Å². The molecule has 3 fully saturated rings. The number of aliphatic hydroxyl groups is 3. The highest BCUT2D eigenvalue weighted by Gasteiger charge is 2.29. The van der Waals surface area contributed by atoms with Crippen LogP contribution in [0.25, 0.3) is 0 Å². The molecule has 234 valence electrons. The lowest BCUT2D eigenvalue weighted by molar-refractivity contribution is -0.130. The van der Waals surface area contributed by atoms with Crippen LogP contribution in [0.15, 0.2) is 13.2 Å². The smallest absolute Gasteiger partial charge is 0.225 e. The zero-order valence-corrected chi connectivity index (χ0v) is 27.5. The van der Waals surface area contributed by atoms with E-state index in [0.717, 1.165) is 50.4 Å². The predicted octanol–water partition coefficient (Wildman–Crippen LogP) is 7.77. The van der Waals surface area contributed by atoms with E-state index in [1.165, 1.54) is 70.0 Å². The topological polar surface area (TPSA) is 89.8 Å². The molecule has 0 aromatic heterocycles. The summed E-state index contributed by atoms with van der Waals surface area (Å²) in [6.45, 7) is 17.2. The second-order valence-electron chi connectivity index (χ2n) is 11.8. The lowest BCUT2D eigenvalue weighted by Crippen LogP contribution is -2.42. The number of amides is 1. The van der Waals surface area contributed by atoms with E-state index >= 15 is 0 Å². The van der Waals surface area contributed by atoms with Gasteiger partial charge in [-0.1, -0.05) is 98.8 Å². The lowest BCUT2D eigenvalue weighted by Gasteiger charge is -2.27. The van der Waals surface area contributed by atoms with E-state index in [4.69, 9.17) is 5.11 Å². The van der Waals surface area contributed by atoms with Crippen LogP contribution in [-0.4, -0.2) is 58.1 Å². The van der Waals surface area contributed by atoms with Gasteiger partial charge in [-0.15, -0.1) is 13.2 Å². The first-order chi connectivity index (χ1) is 18.7. The third kappa shape index (κ3) is 21.8. The summed E-state index contributed by atoms with van der Waals surface area (Å²) in [5.41, 5.74) is 0. The largest absolute Gasteiger partial charge is 0.400 e. The first-order valence-electron chi connectivity index (χ1n) is 15.9. The number of nitrogens with one attached hydrogen (secondary N) is 1. The lowest BCUT2D eigenvalue weighted by atomic mass is 9.86. The van der Waals surface area contributed by atoms with E-state index in [0.29, 0.717) is 12.5 Å². The van der Waals surface area contributed by atoms with Crippen molar-refractivity contribution in [2.24, 2.45) is 23.7 Å². The summed E-state index contributed by atoms with van der Waals surface area (Å²) >= 11 is 2.15. The molecule has 0 aliphatic heterocycles. The highest BCUT2D eigenvalue weighted by Crippen LogP contribution is 2.27. The maximum atomic E-state index is 12.0. The minimum Gasteiger partial charge on any atom is -0.400 e. The normalized spacial score (nSPS) is 23.1. The number of hydrogen-bond acceptors (Lipinski definition) is 5. The Balaban J connectivity index is 0. The number of carbonyl (C=O) groups is 1. The fraction of sp³-hybridized carbons (Fsp3) is 0.909. The molecule has 3 aliphatic carbocycles. The maximum Gasteiger partial charge on any atom is 0.225 e. The standard InChI is InChI=1S/C15H29NO3.C8H16S.C7H14.C2H4.CH4O/c1-10(2)8-14(18)11(3)9-16-15(19)12-6-4-5-7-13(12)17;1-2-9-8-6-4-3-5-7-8;1-7-5-3-2-4-6-7;2*1-2/h10-14,17-18H,4-9H2,1-3H3,(H,16,19);8H,2-7H2,1H3;7H,2-6H2,1H3;1-2H2;2H,1H3/t11-,12?,13?,14?;;;;/m1..../s1. The molecule has 0 radical (unpaired) electrons. The Bertz CT molecular complexity index is 533. The molecule has 3 saturated carbocycles. The Kier molecular flexibility index (Phi) is 28.7. The molecular weight excluding hydrogens is 506 g/mol. The first kappa shape index (κ1) is 40.6. The van der Waals surface area contributed by atoms with Crippen molar-refractivity contribution in [1.29, 1.82) is 0 Å². The van der Waals surface area contributed by atoms with Crippen molar-refractivity contribution in [2.45, 2.75) is 148 Å². The number of thioether (sulfide) groups is 1. The third-order valence-corrected chi connectivity index (χ3v) is 9.16. The number of hydrogen-bond donors (Lipinski definition) is 4. The minimum absolute atomic E-state index is 0.0482. The van der Waals surface area contributed by atoms with Crippen LogP contribution in [0.4, 0.5) is 0 Å². The summed E-state index contributed by atoms with van der Waals surface area (Å²) in [5.74, 6) is 2.53. The molecule has 39 heavy (non-hydrogen) atoms. The highest BCUT2D eigenvalue weighted by molar-refractivity contribution is 7.99. The summed E-state index contributed by atoms with van der Waals surface area (Å²) in [6, 6.07) is 0. The predicted molar refractivity (Wildman–Crippen MR) is 172 cm³/mol. The van der Waals surface area contributed by atoms with E-state index in [1.54, 1.807) is 0 Å². The molecule has 4 N–H and O–H groups in total. The Morgan fingerprint density at radius 3 is 1.79 bits per heavy atom. The van der Waals surface area contributed by atoms with Crippen LogP contribution >= 0.6 is 11.8 Å². The number of rotatable bonds is 8. The minimum atomic E-state index is -0.496. The fourth-order valence-electron chi connectivity index (χ4n) is 5.44. The van der Waals surface area contributed by atoms with E-state index < -0.39 is 6.10 Å². The van der Waals surface area contributed by atoms with Gasteiger partial charge in [-0.05, 0) is 55.6 Å². The van der Waals surface area contributed by atoms with Crippen molar-refractivity contribution in [3.05, 3.63) is 13.2 Å². The monoisotopic (exact) mass is 573 g/mol. The maximum absolute atomic E-state index is 12.0. The van der Waals surface area contributed by atoms with Gasteiger partial charge in [0.05, 0.1) is 18.1 Å². The Labute approximate surface area is 247 Å². The summed E-state index contributed by atoms with van der Waals surface area (Å²) < 4.78 is 0. The van der Waals surface area contributed by atoms with Gasteiger partial charge in [0.2, 0.25) is 5.91 Å². The van der Waals surface area contributed by atoms with Gasteiger partial charge in [0.25, 0.3) is 0 Å². The molecule has 1 amide bonds. The van der Waals surface area contributed by atoms with Crippen molar-refractivity contribution in [3.63, 3.8) is 0 Å². The summed E-state index contributed by atoms with van der Waals surface area (Å²) in [6.07, 6.45) is 18.3. The van der Waals surface area contributed by atoms with Gasteiger partial charge in [-0.25, -0.2) is 0 Å². The molecule has 3 aliphatic rings. The summed E-state index contributed by atoms with van der Waals surface area (Å²) in [4.78, 5) is 12.0. The molecule has 5 nitrogen and oxygen atoms in total. The molecule has 6 heteroatoms. The number of aliphatic hydroxyl groups excluding tert-OH is 3. The van der Waals surface area contributed by atoms with E-state index in [2.05, 4.69) is 57.9 Å². The molecule has 3 rings (SSSR count). The molecule has 0 bridgehead atoms. The van der Waals surface area contributed by atoms with Crippen LogP contribution in [0.1, 0.15) is 131 Å². The highest BCUT2D eigenvalue weighted by atomic mass is 32.2. The second kappa shape index (κ2) is 27.6. The molecular formula is C33H67NO4S. The third-order valence-electron chi connectivity index (χ3n) is 7.88. The van der Waals surface area contributed by atoms with Crippen LogP contribution < -0.4 is 5.32 Å². The zero-order chi connectivity index (χ0) is 30.1. The molecule has 0 aromatic rings. The van der Waals surface area contributed by atoms with Gasteiger partial charge in [0.1, 0.15) is 0 Å². The van der Waals surface area contributed by atoms with Crippen LogP contribution in [0.2, 0.25) is 0 Å². The van der Waals surface area contributed by atoms with Crippen LogP contribution in [0.3, 0.4) is 0 Å². The van der Waals surface area contributed by atoms with Crippen LogP contribution in [0, 0.1) is 23.7 Å². The quantitative estimate of drug-likeness (QED) is 0.223. The second-order valence-corrected chi connectivity index (χ2v) is 13.4. The van der Waals surface area contributed by atoms with E-state index in [1.807, 2.05) is 6.92 Å². The number of carbonyl (C=O) groups excluding carboxylic acids is 1. The van der Waals surface area contributed by atoms with Gasteiger partial charge in [-0.3, -0.25) is 4.79 Å². The van der Waals surface area contributed by atoms with E-state index in [9.17, 15) is 15.0 Å². The van der Waals surface area contributed by atoms with Gasteiger partial charge in [-0.2, -0.15) is 11.8 Å². The molecule has 0 spiro atoms. The van der Waals surface area contributed by atoms with E-state index in [-0.39, 0.29) is 23.8 Å². The SMILES string of the molecule is C=C.CC(C)CC(O)[C@H](C)CNC(=O)C1CCCCC1O.CC1CCCCC1.CCSC1CCCCC1.CO. The average molecular weight is 574 g/mol. The molecule has 3 unspecified atom stereocenters. The zero-order valence-electron chi connectivity index (χ0n) is 26.6. The van der Waals surface area contributed by atoms with Gasteiger partial charge in [0.15, 0.2) is 0 Å². The van der Waals surface area contributed by atoms with Gasteiger partial charge >= 0.3 is 0 Å². The van der Waals surface area contributed by atoms with Crippen LogP contribution in [0.5, 0.6) is 0 Å². The Morgan fingerprint density at radius 1 is 0.872 bits per heavy atom. The van der Waals surface area contributed by atoms with Gasteiger partial charge in [0, 0.05) is 18.9 Å². The van der Waals surface area contributed by atoms with Crippen molar-refractivity contribution >= 4 is 17.7 Å². The molecule has 0 saturated heterocycles. The molecule has 0 aromatic carbocycles. The molecule has 0 heterocycles. The Hall–Kier alpha value is -0.560. The summed E-state index contributed by atoms with van der Waals surface area (Å²) in [5, 5.41) is 30.7. The van der Waals surface area contributed by atoms with Crippen molar-refractivity contribution in [1.82, 2.24) is 5.32 Å². The molecule has 4 atom stereocenters. The average Bonchev–Trinajstić information content (AvgIpc) is 2.95.